The molecular formula is C15H14Br2O3. The SMILES string of the molecule is COc1ccc(C2(O)C(Br)=C(Br)[C@H]3C=C[C@@H]2O3)cc1C. The standard InChI is InChI=1S/C15H14Br2O3/c1-8-7-9(3-4-10(8)19-2)15(18)12-6-5-11(20-12)13(16)14(15)17/h3-7,11-12,18H,1-2H3/t11-,12+,15?/m1/s1. The lowest BCUT2D eigenvalue weighted by molar-refractivity contribution is -0.0729. The van der Waals surface area contributed by atoms with Crippen LogP contribution in [0.15, 0.2) is 39.3 Å². The summed E-state index contributed by atoms with van der Waals surface area (Å²) in [6.45, 7) is 1.95. The van der Waals surface area contributed by atoms with Crippen molar-refractivity contribution in [2.45, 2.75) is 24.7 Å². The Labute approximate surface area is 134 Å². The summed E-state index contributed by atoms with van der Waals surface area (Å²) < 4.78 is 12.6. The van der Waals surface area contributed by atoms with Gasteiger partial charge in [-0.25, -0.2) is 0 Å². The summed E-state index contributed by atoms with van der Waals surface area (Å²) in [4.78, 5) is 0. The van der Waals surface area contributed by atoms with E-state index in [1.807, 2.05) is 37.3 Å². The van der Waals surface area contributed by atoms with Gasteiger partial charge in [0, 0.05) is 8.96 Å². The van der Waals surface area contributed by atoms with E-state index < -0.39 is 11.7 Å². The lowest BCUT2D eigenvalue weighted by Gasteiger charge is -2.38. The highest BCUT2D eigenvalue weighted by molar-refractivity contribution is 9.14. The minimum Gasteiger partial charge on any atom is -0.496 e. The lowest BCUT2D eigenvalue weighted by atomic mass is 9.86. The van der Waals surface area contributed by atoms with Crippen LogP contribution in [-0.4, -0.2) is 24.4 Å². The van der Waals surface area contributed by atoms with Gasteiger partial charge in [-0.05, 0) is 30.2 Å². The van der Waals surface area contributed by atoms with Crippen molar-refractivity contribution < 1.29 is 14.6 Å². The molecule has 1 aromatic rings. The molecule has 2 bridgehead atoms. The zero-order chi connectivity index (χ0) is 14.5. The van der Waals surface area contributed by atoms with Crippen LogP contribution < -0.4 is 4.74 Å². The Bertz CT molecular complexity index is 624. The number of fused-ring (bicyclic) bond motifs is 2. The van der Waals surface area contributed by atoms with E-state index in [0.717, 1.165) is 21.4 Å². The number of ether oxygens (including phenoxy) is 2. The van der Waals surface area contributed by atoms with E-state index in [2.05, 4.69) is 31.9 Å². The van der Waals surface area contributed by atoms with Gasteiger partial charge in [-0.3, -0.25) is 0 Å². The molecule has 1 N–H and O–H groups in total. The van der Waals surface area contributed by atoms with Crippen LogP contribution in [0.2, 0.25) is 0 Å². The average Bonchev–Trinajstić information content (AvgIpc) is 2.91. The Kier molecular flexibility index (Phi) is 3.57. The van der Waals surface area contributed by atoms with E-state index in [0.29, 0.717) is 4.48 Å². The van der Waals surface area contributed by atoms with Crippen molar-refractivity contribution in [3.8, 4) is 5.75 Å². The predicted octanol–water partition coefficient (Wildman–Crippen LogP) is 3.53. The Morgan fingerprint density at radius 3 is 2.70 bits per heavy atom. The number of benzene rings is 1. The minimum atomic E-state index is -1.22. The van der Waals surface area contributed by atoms with Crippen LogP contribution >= 0.6 is 31.9 Å². The largest absolute Gasteiger partial charge is 0.496 e. The minimum absolute atomic E-state index is 0.117. The van der Waals surface area contributed by atoms with E-state index in [9.17, 15) is 5.11 Å². The van der Waals surface area contributed by atoms with Crippen LogP contribution in [0.5, 0.6) is 5.75 Å². The number of hydrogen-bond acceptors (Lipinski definition) is 3. The Hall–Kier alpha value is -0.620. The molecule has 3 rings (SSSR count). The summed E-state index contributed by atoms with van der Waals surface area (Å²) in [6, 6.07) is 5.65. The van der Waals surface area contributed by atoms with Gasteiger partial charge in [0.15, 0.2) is 5.60 Å². The molecule has 3 nitrogen and oxygen atoms in total. The van der Waals surface area contributed by atoms with Crippen molar-refractivity contribution in [3.05, 3.63) is 50.4 Å². The van der Waals surface area contributed by atoms with Crippen LogP contribution in [0.4, 0.5) is 0 Å². The monoisotopic (exact) mass is 400 g/mol. The molecule has 5 heteroatoms. The molecule has 106 valence electrons. The predicted molar refractivity (Wildman–Crippen MR) is 84.3 cm³/mol. The fourth-order valence-electron chi connectivity index (χ4n) is 2.67. The average molecular weight is 402 g/mol. The highest BCUT2D eigenvalue weighted by Crippen LogP contribution is 2.50. The van der Waals surface area contributed by atoms with Gasteiger partial charge >= 0.3 is 0 Å². The molecule has 0 fully saturated rings. The molecule has 0 saturated carbocycles. The first-order valence-corrected chi connectivity index (χ1v) is 7.84. The van der Waals surface area contributed by atoms with Gasteiger partial charge in [0.2, 0.25) is 0 Å². The topological polar surface area (TPSA) is 38.7 Å². The number of methoxy groups -OCH3 is 1. The van der Waals surface area contributed by atoms with Crippen molar-refractivity contribution in [2.75, 3.05) is 7.11 Å². The fourth-order valence-corrected chi connectivity index (χ4v) is 3.91. The van der Waals surface area contributed by atoms with Crippen molar-refractivity contribution in [1.29, 1.82) is 0 Å². The summed E-state index contributed by atoms with van der Waals surface area (Å²) in [6.07, 6.45) is 3.34. The van der Waals surface area contributed by atoms with Crippen LogP contribution in [0, 0.1) is 6.92 Å². The van der Waals surface area contributed by atoms with Gasteiger partial charge in [0.1, 0.15) is 18.0 Å². The second-order valence-corrected chi connectivity index (χ2v) is 6.62. The van der Waals surface area contributed by atoms with E-state index in [4.69, 9.17) is 9.47 Å². The highest BCUT2D eigenvalue weighted by Gasteiger charge is 2.49. The van der Waals surface area contributed by atoms with Gasteiger partial charge in [-0.15, -0.1) is 0 Å². The van der Waals surface area contributed by atoms with Crippen LogP contribution in [0.25, 0.3) is 0 Å². The molecule has 0 amide bonds. The van der Waals surface area contributed by atoms with Gasteiger partial charge in [-0.1, -0.05) is 50.1 Å². The third-order valence-electron chi connectivity index (χ3n) is 3.79. The summed E-state index contributed by atoms with van der Waals surface area (Å²) in [7, 11) is 1.64. The van der Waals surface area contributed by atoms with Gasteiger partial charge < -0.3 is 14.6 Å². The quantitative estimate of drug-likeness (QED) is 0.770. The third-order valence-corrected chi connectivity index (χ3v) is 6.21. The smallest absolute Gasteiger partial charge is 0.152 e. The van der Waals surface area contributed by atoms with Crippen molar-refractivity contribution >= 4 is 31.9 Å². The first kappa shape index (κ1) is 14.3. The van der Waals surface area contributed by atoms with Crippen LogP contribution in [0.1, 0.15) is 11.1 Å². The molecule has 2 heterocycles. The number of hydrogen-bond donors (Lipinski definition) is 1. The molecule has 2 aliphatic rings. The third kappa shape index (κ3) is 1.91. The van der Waals surface area contributed by atoms with Crippen LogP contribution in [0.3, 0.4) is 0 Å². The molecule has 2 aliphatic heterocycles. The Balaban J connectivity index is 2.14. The molecule has 1 aromatic carbocycles. The van der Waals surface area contributed by atoms with E-state index in [1.54, 1.807) is 7.11 Å². The zero-order valence-electron chi connectivity index (χ0n) is 11.1. The molecular weight excluding hydrogens is 388 g/mol. The van der Waals surface area contributed by atoms with Crippen molar-refractivity contribution in [3.63, 3.8) is 0 Å². The summed E-state index contributed by atoms with van der Waals surface area (Å²) in [5, 5.41) is 11.2. The number of aryl methyl sites for hydroxylation is 1. The van der Waals surface area contributed by atoms with E-state index >= 15 is 0 Å². The van der Waals surface area contributed by atoms with E-state index in [-0.39, 0.29) is 6.10 Å². The first-order valence-electron chi connectivity index (χ1n) is 6.25. The Morgan fingerprint density at radius 2 is 2.05 bits per heavy atom. The number of halogens is 2. The molecule has 20 heavy (non-hydrogen) atoms. The maximum atomic E-state index is 11.2. The summed E-state index contributed by atoms with van der Waals surface area (Å²) in [5.74, 6) is 0.799. The molecule has 3 atom stereocenters. The first-order chi connectivity index (χ1) is 9.48. The maximum Gasteiger partial charge on any atom is 0.152 e. The second kappa shape index (κ2) is 4.98. The van der Waals surface area contributed by atoms with Crippen molar-refractivity contribution in [1.82, 2.24) is 0 Å². The van der Waals surface area contributed by atoms with Crippen LogP contribution in [-0.2, 0) is 10.3 Å². The zero-order valence-corrected chi connectivity index (χ0v) is 14.2. The van der Waals surface area contributed by atoms with Gasteiger partial charge in [-0.2, -0.15) is 0 Å². The second-order valence-electron chi connectivity index (χ2n) is 4.97. The van der Waals surface area contributed by atoms with Gasteiger partial charge in [0.05, 0.1) is 7.11 Å². The number of rotatable bonds is 2. The molecule has 0 aromatic heterocycles. The van der Waals surface area contributed by atoms with Crippen molar-refractivity contribution in [2.24, 2.45) is 0 Å². The molecule has 0 saturated heterocycles. The van der Waals surface area contributed by atoms with Gasteiger partial charge in [0.25, 0.3) is 0 Å². The maximum absolute atomic E-state index is 11.2. The Morgan fingerprint density at radius 1 is 1.30 bits per heavy atom. The molecule has 0 spiro atoms. The highest BCUT2D eigenvalue weighted by atomic mass is 79.9. The summed E-state index contributed by atoms with van der Waals surface area (Å²) >= 11 is 7.02. The van der Waals surface area contributed by atoms with E-state index in [1.165, 1.54) is 0 Å². The molecule has 1 unspecified atom stereocenters. The number of aliphatic hydroxyl groups is 1. The fraction of sp³-hybridized carbons (Fsp3) is 0.333. The molecule has 0 radical (unpaired) electrons. The lowest BCUT2D eigenvalue weighted by Crippen LogP contribution is -2.43. The summed E-state index contributed by atoms with van der Waals surface area (Å²) in [5.41, 5.74) is 0.521. The molecule has 0 aliphatic carbocycles. The normalized spacial score (nSPS) is 31.9.